The maximum atomic E-state index is 10.6. The molecule has 118 valence electrons. The summed E-state index contributed by atoms with van der Waals surface area (Å²) in [5.74, 6) is 1.43. The molecule has 1 saturated carbocycles. The summed E-state index contributed by atoms with van der Waals surface area (Å²) in [6.45, 7) is 5.42. The fourth-order valence-electron chi connectivity index (χ4n) is 3.84. The minimum absolute atomic E-state index is 0.338. The third kappa shape index (κ3) is 4.42. The van der Waals surface area contributed by atoms with Crippen LogP contribution in [0.4, 0.5) is 0 Å². The molecule has 20 heavy (non-hydrogen) atoms. The third-order valence-electron chi connectivity index (χ3n) is 5.26. The topological polar surface area (TPSA) is 58.7 Å². The average molecular weight is 284 g/mol. The minimum Gasteiger partial charge on any atom is -0.388 e. The van der Waals surface area contributed by atoms with Crippen LogP contribution in [0, 0.1) is 11.8 Å². The molecule has 0 radical (unpaired) electrons. The third-order valence-corrected chi connectivity index (χ3v) is 5.26. The van der Waals surface area contributed by atoms with E-state index in [1.54, 1.807) is 0 Å². The summed E-state index contributed by atoms with van der Waals surface area (Å²) in [6, 6.07) is 0.338. The fourth-order valence-corrected chi connectivity index (χ4v) is 3.84. The summed E-state index contributed by atoms with van der Waals surface area (Å²) >= 11 is 0. The molecule has 1 heterocycles. The molecule has 0 aromatic carbocycles. The van der Waals surface area contributed by atoms with E-state index in [2.05, 4.69) is 18.9 Å². The highest BCUT2D eigenvalue weighted by Gasteiger charge is 2.33. The molecule has 0 spiro atoms. The minimum atomic E-state index is -0.560. The first-order chi connectivity index (χ1) is 9.52. The highest BCUT2D eigenvalue weighted by Crippen LogP contribution is 2.31. The molecule has 4 nitrogen and oxygen atoms in total. The van der Waals surface area contributed by atoms with Gasteiger partial charge in [0, 0.05) is 45.2 Å². The summed E-state index contributed by atoms with van der Waals surface area (Å²) < 4.78 is 5.34. The summed E-state index contributed by atoms with van der Waals surface area (Å²) in [4.78, 5) is 2.29. The second-order valence-corrected chi connectivity index (χ2v) is 7.04. The van der Waals surface area contributed by atoms with E-state index in [9.17, 15) is 5.11 Å². The number of ether oxygens (including phenoxy) is 1. The molecule has 2 rings (SSSR count). The second-order valence-electron chi connectivity index (χ2n) is 7.04. The van der Waals surface area contributed by atoms with E-state index < -0.39 is 5.60 Å². The van der Waals surface area contributed by atoms with Crippen LogP contribution in [-0.2, 0) is 4.74 Å². The number of hydrogen-bond acceptors (Lipinski definition) is 4. The van der Waals surface area contributed by atoms with Crippen molar-refractivity contribution >= 4 is 0 Å². The van der Waals surface area contributed by atoms with Crippen LogP contribution in [-0.4, -0.2) is 55.0 Å². The first-order valence-corrected chi connectivity index (χ1v) is 8.26. The van der Waals surface area contributed by atoms with Gasteiger partial charge in [-0.25, -0.2) is 0 Å². The Bertz CT molecular complexity index is 292. The van der Waals surface area contributed by atoms with E-state index in [0.717, 1.165) is 38.3 Å². The lowest BCUT2D eigenvalue weighted by molar-refractivity contribution is -0.0789. The number of aliphatic hydroxyl groups is 1. The average Bonchev–Trinajstić information content (AvgIpc) is 2.41. The molecular weight excluding hydrogens is 252 g/mol. The molecule has 3 unspecified atom stereocenters. The first-order valence-electron chi connectivity index (χ1n) is 8.26. The van der Waals surface area contributed by atoms with Crippen LogP contribution in [0.15, 0.2) is 0 Å². The largest absolute Gasteiger partial charge is 0.388 e. The molecule has 2 aliphatic rings. The predicted molar refractivity (Wildman–Crippen MR) is 81.6 cm³/mol. The number of likely N-dealkylation sites (N-methyl/N-ethyl adjacent to an activating group) is 1. The van der Waals surface area contributed by atoms with Gasteiger partial charge >= 0.3 is 0 Å². The van der Waals surface area contributed by atoms with Crippen molar-refractivity contribution in [3.05, 3.63) is 0 Å². The molecule has 3 atom stereocenters. The van der Waals surface area contributed by atoms with Crippen molar-refractivity contribution in [1.82, 2.24) is 4.90 Å². The van der Waals surface area contributed by atoms with E-state index in [1.165, 1.54) is 19.3 Å². The Labute approximate surface area is 123 Å². The van der Waals surface area contributed by atoms with E-state index in [1.807, 2.05) is 0 Å². The monoisotopic (exact) mass is 284 g/mol. The summed E-state index contributed by atoms with van der Waals surface area (Å²) in [6.07, 6.45) is 6.49. The maximum absolute atomic E-state index is 10.6. The van der Waals surface area contributed by atoms with Gasteiger partial charge in [-0.15, -0.1) is 0 Å². The fraction of sp³-hybridized carbons (Fsp3) is 1.00. The highest BCUT2D eigenvalue weighted by molar-refractivity contribution is 4.87. The van der Waals surface area contributed by atoms with Crippen molar-refractivity contribution in [1.29, 1.82) is 0 Å². The van der Waals surface area contributed by atoms with Crippen molar-refractivity contribution < 1.29 is 9.84 Å². The molecule has 0 aromatic heterocycles. The molecule has 1 aliphatic carbocycles. The van der Waals surface area contributed by atoms with Gasteiger partial charge in [-0.2, -0.15) is 0 Å². The summed E-state index contributed by atoms with van der Waals surface area (Å²) in [7, 11) is 2.12. The molecule has 0 amide bonds. The van der Waals surface area contributed by atoms with Crippen LogP contribution in [0.1, 0.15) is 45.4 Å². The summed E-state index contributed by atoms with van der Waals surface area (Å²) in [5.41, 5.74) is 5.74. The second kappa shape index (κ2) is 7.21. The van der Waals surface area contributed by atoms with E-state index in [0.29, 0.717) is 25.2 Å². The van der Waals surface area contributed by atoms with Gasteiger partial charge in [0.15, 0.2) is 0 Å². The Balaban J connectivity index is 1.81. The van der Waals surface area contributed by atoms with Gasteiger partial charge in [0.25, 0.3) is 0 Å². The first kappa shape index (κ1) is 16.2. The van der Waals surface area contributed by atoms with Crippen LogP contribution in [0.25, 0.3) is 0 Å². The highest BCUT2D eigenvalue weighted by atomic mass is 16.5. The molecule has 2 fully saturated rings. The molecular formula is C16H32N2O2. The standard InChI is InChI=1S/C16H32N2O2/c1-3-13-4-5-15(17)14(10-13)11-18(2)12-16(19)6-8-20-9-7-16/h13-15,19H,3-12,17H2,1-2H3. The number of rotatable bonds is 5. The number of hydrogen-bond donors (Lipinski definition) is 2. The van der Waals surface area contributed by atoms with Crippen LogP contribution >= 0.6 is 0 Å². The smallest absolute Gasteiger partial charge is 0.0817 e. The Hall–Kier alpha value is -0.160. The summed E-state index contributed by atoms with van der Waals surface area (Å²) in [5, 5.41) is 10.6. The van der Waals surface area contributed by atoms with Crippen molar-refractivity contribution in [3.8, 4) is 0 Å². The van der Waals surface area contributed by atoms with Gasteiger partial charge in [-0.1, -0.05) is 13.3 Å². The lowest BCUT2D eigenvalue weighted by Gasteiger charge is -2.39. The van der Waals surface area contributed by atoms with Crippen LogP contribution in [0.2, 0.25) is 0 Å². The van der Waals surface area contributed by atoms with Crippen LogP contribution in [0.3, 0.4) is 0 Å². The zero-order chi connectivity index (χ0) is 14.6. The van der Waals surface area contributed by atoms with E-state index in [-0.39, 0.29) is 0 Å². The zero-order valence-electron chi connectivity index (χ0n) is 13.2. The molecule has 0 aromatic rings. The maximum Gasteiger partial charge on any atom is 0.0817 e. The Kier molecular flexibility index (Phi) is 5.84. The molecule has 3 N–H and O–H groups in total. The van der Waals surface area contributed by atoms with Gasteiger partial charge in [0.2, 0.25) is 0 Å². The van der Waals surface area contributed by atoms with Crippen molar-refractivity contribution in [2.75, 3.05) is 33.4 Å². The predicted octanol–water partition coefficient (Wildman–Crippen LogP) is 1.61. The Morgan fingerprint density at radius 2 is 2.00 bits per heavy atom. The SMILES string of the molecule is CCC1CCC(N)C(CN(C)CC2(O)CCOCC2)C1. The lowest BCUT2D eigenvalue weighted by Crippen LogP contribution is -2.49. The number of nitrogens with two attached hydrogens (primary N) is 1. The van der Waals surface area contributed by atoms with Gasteiger partial charge in [-0.05, 0) is 38.1 Å². The van der Waals surface area contributed by atoms with Crippen LogP contribution < -0.4 is 5.73 Å². The Morgan fingerprint density at radius 1 is 1.30 bits per heavy atom. The lowest BCUT2D eigenvalue weighted by atomic mass is 9.77. The molecule has 1 aliphatic heterocycles. The van der Waals surface area contributed by atoms with Crippen LogP contribution in [0.5, 0.6) is 0 Å². The normalized spacial score (nSPS) is 34.4. The van der Waals surface area contributed by atoms with Crippen molar-refractivity contribution in [3.63, 3.8) is 0 Å². The molecule has 1 saturated heterocycles. The van der Waals surface area contributed by atoms with Crippen molar-refractivity contribution in [2.45, 2.75) is 57.1 Å². The van der Waals surface area contributed by atoms with E-state index in [4.69, 9.17) is 10.5 Å². The van der Waals surface area contributed by atoms with Gasteiger partial charge in [-0.3, -0.25) is 0 Å². The van der Waals surface area contributed by atoms with Gasteiger partial charge in [0.1, 0.15) is 0 Å². The molecule has 4 heteroatoms. The molecule has 0 bridgehead atoms. The Morgan fingerprint density at radius 3 is 2.65 bits per heavy atom. The quantitative estimate of drug-likeness (QED) is 0.805. The number of nitrogens with zero attached hydrogens (tertiary/aromatic N) is 1. The van der Waals surface area contributed by atoms with Gasteiger partial charge < -0.3 is 20.5 Å². The van der Waals surface area contributed by atoms with Crippen molar-refractivity contribution in [2.24, 2.45) is 17.6 Å². The zero-order valence-corrected chi connectivity index (χ0v) is 13.2. The van der Waals surface area contributed by atoms with Gasteiger partial charge in [0.05, 0.1) is 5.60 Å². The van der Waals surface area contributed by atoms with E-state index >= 15 is 0 Å².